The Morgan fingerprint density at radius 2 is 2.22 bits per heavy atom. The molecular weight excluding hydrogens is 236 g/mol. The number of hydrogen-bond donors (Lipinski definition) is 2. The van der Waals surface area contributed by atoms with Crippen LogP contribution in [0.25, 0.3) is 0 Å². The van der Waals surface area contributed by atoms with Crippen molar-refractivity contribution in [3.63, 3.8) is 0 Å². The molecule has 0 fully saturated rings. The normalized spacial score (nSPS) is 14.9. The minimum atomic E-state index is -0.765. The smallest absolute Gasteiger partial charge is 0.407 e. The fraction of sp³-hybridized carbons (Fsp3) is 0.727. The average Bonchev–Trinajstić information content (AvgIpc) is 2.66. The Morgan fingerprint density at radius 1 is 1.56 bits per heavy atom. The fourth-order valence-electron chi connectivity index (χ4n) is 1.27. The number of amides is 1. The summed E-state index contributed by atoms with van der Waals surface area (Å²) in [6.07, 6.45) is 1.86. The van der Waals surface area contributed by atoms with Crippen LogP contribution in [0, 0.1) is 0 Å². The van der Waals surface area contributed by atoms with Crippen molar-refractivity contribution < 1.29 is 14.6 Å². The molecule has 2 N–H and O–H groups in total. The summed E-state index contributed by atoms with van der Waals surface area (Å²) < 4.78 is 6.60. The molecule has 1 aromatic rings. The topological polar surface area (TPSA) is 89.3 Å². The number of ether oxygens (including phenoxy) is 1. The summed E-state index contributed by atoms with van der Waals surface area (Å²) in [4.78, 5) is 11.5. The van der Waals surface area contributed by atoms with Crippen molar-refractivity contribution in [2.75, 3.05) is 0 Å². The molecule has 0 spiro atoms. The number of carbonyl (C=O) groups excluding carboxylic acids is 1. The molecule has 7 heteroatoms. The molecule has 1 unspecified atom stereocenters. The van der Waals surface area contributed by atoms with Gasteiger partial charge in [0.2, 0.25) is 0 Å². The van der Waals surface area contributed by atoms with E-state index in [0.29, 0.717) is 0 Å². The number of rotatable bonds is 4. The van der Waals surface area contributed by atoms with Crippen LogP contribution < -0.4 is 5.32 Å². The van der Waals surface area contributed by atoms with Crippen molar-refractivity contribution >= 4 is 6.09 Å². The van der Waals surface area contributed by atoms with Crippen molar-refractivity contribution in [1.82, 2.24) is 20.3 Å². The van der Waals surface area contributed by atoms with Crippen LogP contribution in [0.2, 0.25) is 0 Å². The molecule has 0 aromatic carbocycles. The van der Waals surface area contributed by atoms with Gasteiger partial charge in [-0.3, -0.25) is 0 Å². The van der Waals surface area contributed by atoms with Crippen LogP contribution >= 0.6 is 0 Å². The zero-order valence-electron chi connectivity index (χ0n) is 11.1. The second kappa shape index (κ2) is 5.81. The van der Waals surface area contributed by atoms with Crippen molar-refractivity contribution in [3.05, 3.63) is 12.4 Å². The molecule has 0 saturated heterocycles. The van der Waals surface area contributed by atoms with E-state index in [1.54, 1.807) is 33.9 Å². The highest BCUT2D eigenvalue weighted by Crippen LogP contribution is 2.07. The molecule has 0 aliphatic carbocycles. The Morgan fingerprint density at radius 3 is 2.72 bits per heavy atom. The van der Waals surface area contributed by atoms with Gasteiger partial charge in [0.1, 0.15) is 5.60 Å². The van der Waals surface area contributed by atoms with E-state index in [1.165, 1.54) is 10.9 Å². The summed E-state index contributed by atoms with van der Waals surface area (Å²) in [6.45, 7) is 7.30. The third kappa shape index (κ3) is 5.13. The van der Waals surface area contributed by atoms with E-state index in [4.69, 9.17) is 4.74 Å². The van der Waals surface area contributed by atoms with E-state index < -0.39 is 23.8 Å². The third-order valence-corrected chi connectivity index (χ3v) is 2.17. The first kappa shape index (κ1) is 14.4. The van der Waals surface area contributed by atoms with Crippen LogP contribution in [0.4, 0.5) is 4.79 Å². The third-order valence-electron chi connectivity index (χ3n) is 2.17. The van der Waals surface area contributed by atoms with Crippen molar-refractivity contribution in [2.45, 2.75) is 52.0 Å². The second-order valence-corrected chi connectivity index (χ2v) is 5.13. The minimum Gasteiger partial charge on any atom is -0.444 e. The summed E-state index contributed by atoms with van der Waals surface area (Å²) in [5.41, 5.74) is -0.555. The lowest BCUT2D eigenvalue weighted by molar-refractivity contribution is 0.0415. The van der Waals surface area contributed by atoms with Crippen molar-refractivity contribution in [2.24, 2.45) is 0 Å². The standard InChI is InChI=1S/C11H20N4O3/c1-8(13-10(17)18-11(2,3)4)9(16)7-15-6-5-12-14-15/h5-6,8-9,16H,7H2,1-4H3,(H,13,17)/t8-,9?/m0/s1. The van der Waals surface area contributed by atoms with Crippen molar-refractivity contribution in [3.8, 4) is 0 Å². The summed E-state index contributed by atoms with van der Waals surface area (Å²) in [5, 5.41) is 19.8. The van der Waals surface area contributed by atoms with Crippen LogP contribution in [-0.4, -0.2) is 43.9 Å². The maximum atomic E-state index is 11.5. The van der Waals surface area contributed by atoms with E-state index in [1.807, 2.05) is 0 Å². The van der Waals surface area contributed by atoms with Gasteiger partial charge in [0, 0.05) is 6.20 Å². The molecule has 18 heavy (non-hydrogen) atoms. The number of alkyl carbamates (subject to hydrolysis) is 1. The van der Waals surface area contributed by atoms with E-state index in [0.717, 1.165) is 0 Å². The zero-order chi connectivity index (χ0) is 13.8. The van der Waals surface area contributed by atoms with Crippen LogP contribution in [0.15, 0.2) is 12.4 Å². The first-order valence-corrected chi connectivity index (χ1v) is 5.79. The molecule has 0 aliphatic rings. The molecular formula is C11H20N4O3. The summed E-state index contributed by atoms with van der Waals surface area (Å²) in [7, 11) is 0. The SMILES string of the molecule is C[C@H](NC(=O)OC(C)(C)C)C(O)Cn1ccnn1. The van der Waals surface area contributed by atoms with Crippen molar-refractivity contribution in [1.29, 1.82) is 0 Å². The number of carbonyl (C=O) groups is 1. The van der Waals surface area contributed by atoms with Gasteiger partial charge in [-0.15, -0.1) is 5.10 Å². The Balaban J connectivity index is 2.40. The van der Waals surface area contributed by atoms with Gasteiger partial charge in [-0.1, -0.05) is 5.21 Å². The molecule has 2 atom stereocenters. The summed E-state index contributed by atoms with van der Waals surface area (Å²) in [6, 6.07) is -0.441. The van der Waals surface area contributed by atoms with Gasteiger partial charge in [-0.2, -0.15) is 0 Å². The van der Waals surface area contributed by atoms with E-state index in [9.17, 15) is 9.90 Å². The van der Waals surface area contributed by atoms with Crippen LogP contribution in [-0.2, 0) is 11.3 Å². The minimum absolute atomic E-state index is 0.261. The van der Waals surface area contributed by atoms with E-state index in [-0.39, 0.29) is 6.54 Å². The number of hydrogen-bond acceptors (Lipinski definition) is 5. The highest BCUT2D eigenvalue weighted by atomic mass is 16.6. The Kier molecular flexibility index (Phi) is 4.66. The second-order valence-electron chi connectivity index (χ2n) is 5.13. The molecule has 102 valence electrons. The maximum absolute atomic E-state index is 11.5. The Labute approximate surface area is 106 Å². The first-order chi connectivity index (χ1) is 8.28. The molecule has 1 rings (SSSR count). The molecule has 1 aromatic heterocycles. The highest BCUT2D eigenvalue weighted by Gasteiger charge is 2.21. The fourth-order valence-corrected chi connectivity index (χ4v) is 1.27. The Bertz CT molecular complexity index is 372. The first-order valence-electron chi connectivity index (χ1n) is 5.79. The maximum Gasteiger partial charge on any atom is 0.407 e. The van der Waals surface area contributed by atoms with Crippen LogP contribution in [0.1, 0.15) is 27.7 Å². The predicted octanol–water partition coefficient (Wildman–Crippen LogP) is 0.552. The molecule has 0 radical (unpaired) electrons. The number of aliphatic hydroxyl groups is 1. The number of aliphatic hydroxyl groups excluding tert-OH is 1. The molecule has 1 amide bonds. The van der Waals surface area contributed by atoms with Gasteiger partial charge in [-0.25, -0.2) is 9.48 Å². The molecule has 7 nitrogen and oxygen atoms in total. The van der Waals surface area contributed by atoms with Gasteiger partial charge >= 0.3 is 6.09 Å². The number of nitrogens with zero attached hydrogens (tertiary/aromatic N) is 3. The van der Waals surface area contributed by atoms with E-state index in [2.05, 4.69) is 15.6 Å². The summed E-state index contributed by atoms with van der Waals surface area (Å²) in [5.74, 6) is 0. The highest BCUT2D eigenvalue weighted by molar-refractivity contribution is 5.68. The molecule has 1 heterocycles. The van der Waals surface area contributed by atoms with Gasteiger partial charge < -0.3 is 15.2 Å². The molecule has 0 bridgehead atoms. The number of nitrogens with one attached hydrogen (secondary N) is 1. The summed E-state index contributed by atoms with van der Waals surface area (Å²) >= 11 is 0. The average molecular weight is 256 g/mol. The lowest BCUT2D eigenvalue weighted by atomic mass is 10.2. The number of aromatic nitrogens is 3. The van der Waals surface area contributed by atoms with Crippen LogP contribution in [0.3, 0.4) is 0 Å². The predicted molar refractivity (Wildman–Crippen MR) is 64.9 cm³/mol. The van der Waals surface area contributed by atoms with E-state index >= 15 is 0 Å². The lowest BCUT2D eigenvalue weighted by Crippen LogP contribution is -2.45. The van der Waals surface area contributed by atoms with Gasteiger partial charge in [0.25, 0.3) is 0 Å². The monoisotopic (exact) mass is 256 g/mol. The molecule has 0 aliphatic heterocycles. The lowest BCUT2D eigenvalue weighted by Gasteiger charge is -2.24. The van der Waals surface area contributed by atoms with Gasteiger partial charge in [-0.05, 0) is 27.7 Å². The van der Waals surface area contributed by atoms with Crippen LogP contribution in [0.5, 0.6) is 0 Å². The molecule has 0 saturated carbocycles. The Hall–Kier alpha value is -1.63. The van der Waals surface area contributed by atoms with Gasteiger partial charge in [0.15, 0.2) is 0 Å². The quantitative estimate of drug-likeness (QED) is 0.821. The van der Waals surface area contributed by atoms with Gasteiger partial charge in [0.05, 0.1) is 24.9 Å². The largest absolute Gasteiger partial charge is 0.444 e. The zero-order valence-corrected chi connectivity index (χ0v) is 11.1.